The summed E-state index contributed by atoms with van der Waals surface area (Å²) in [5.41, 5.74) is 12.6. The molecule has 9 nitrogen and oxygen atoms in total. The second-order valence-corrected chi connectivity index (χ2v) is 7.21. The van der Waals surface area contributed by atoms with Gasteiger partial charge in [-0.3, -0.25) is 9.59 Å². The van der Waals surface area contributed by atoms with Gasteiger partial charge in [0.25, 0.3) is 5.91 Å². The molecule has 0 spiro atoms. The zero-order valence-electron chi connectivity index (χ0n) is 15.9. The lowest BCUT2D eigenvalue weighted by Gasteiger charge is -2.20. The van der Waals surface area contributed by atoms with Crippen LogP contribution in [0, 0.1) is 5.92 Å². The van der Waals surface area contributed by atoms with E-state index in [0.717, 1.165) is 24.2 Å². The normalized spacial score (nSPS) is 14.4. The van der Waals surface area contributed by atoms with E-state index in [9.17, 15) is 9.59 Å². The lowest BCUT2D eigenvalue weighted by atomic mass is 10.0. The van der Waals surface area contributed by atoms with Crippen LogP contribution in [-0.2, 0) is 4.79 Å². The molecule has 28 heavy (non-hydrogen) atoms. The van der Waals surface area contributed by atoms with Gasteiger partial charge in [-0.2, -0.15) is 4.98 Å². The summed E-state index contributed by atoms with van der Waals surface area (Å²) in [6.07, 6.45) is 3.50. The fraction of sp³-hybridized carbons (Fsp3) is 0.368. The molecule has 1 aromatic carbocycles. The van der Waals surface area contributed by atoms with Crippen LogP contribution in [0.1, 0.15) is 37.0 Å². The molecule has 1 atom stereocenters. The van der Waals surface area contributed by atoms with Crippen molar-refractivity contribution in [1.82, 2.24) is 9.97 Å². The largest absolute Gasteiger partial charge is 0.373 e. The predicted octanol–water partition coefficient (Wildman–Crippen LogP) is 1.82. The quantitative estimate of drug-likeness (QED) is 0.443. The summed E-state index contributed by atoms with van der Waals surface area (Å²) in [5.74, 6) is -0.0990. The van der Waals surface area contributed by atoms with Crippen molar-refractivity contribution in [1.29, 1.82) is 0 Å². The first-order valence-electron chi connectivity index (χ1n) is 9.20. The van der Waals surface area contributed by atoms with Crippen molar-refractivity contribution in [2.45, 2.75) is 38.8 Å². The van der Waals surface area contributed by atoms with Gasteiger partial charge in [0.05, 0.1) is 5.56 Å². The van der Waals surface area contributed by atoms with Crippen molar-refractivity contribution in [2.24, 2.45) is 17.4 Å². The van der Waals surface area contributed by atoms with Gasteiger partial charge in [0.2, 0.25) is 11.9 Å². The fourth-order valence-electron chi connectivity index (χ4n) is 2.68. The second-order valence-electron chi connectivity index (χ2n) is 7.21. The number of primary amides is 2. The molecular weight excluding hydrogens is 358 g/mol. The Kier molecular flexibility index (Phi) is 5.62. The molecule has 2 aromatic rings. The Morgan fingerprint density at radius 1 is 1.11 bits per heavy atom. The van der Waals surface area contributed by atoms with Crippen molar-refractivity contribution >= 4 is 35.0 Å². The van der Waals surface area contributed by atoms with Crippen LogP contribution >= 0.6 is 0 Å². The maximum atomic E-state index is 11.6. The molecule has 1 aliphatic rings. The van der Waals surface area contributed by atoms with Gasteiger partial charge in [-0.05, 0) is 43.0 Å². The van der Waals surface area contributed by atoms with E-state index in [4.69, 9.17) is 11.5 Å². The third-order valence-corrected chi connectivity index (χ3v) is 4.41. The van der Waals surface area contributed by atoms with Gasteiger partial charge >= 0.3 is 0 Å². The summed E-state index contributed by atoms with van der Waals surface area (Å²) in [6, 6.07) is 7.22. The fourth-order valence-corrected chi connectivity index (χ4v) is 2.68. The third-order valence-electron chi connectivity index (χ3n) is 4.41. The van der Waals surface area contributed by atoms with Crippen molar-refractivity contribution in [3.05, 3.63) is 36.0 Å². The molecule has 0 aliphatic heterocycles. The molecule has 3 rings (SSSR count). The zero-order chi connectivity index (χ0) is 20.3. The summed E-state index contributed by atoms with van der Waals surface area (Å²) in [6.45, 7) is 3.86. The lowest BCUT2D eigenvalue weighted by Crippen LogP contribution is -2.39. The molecule has 2 amide bonds. The number of rotatable bonds is 9. The number of carbonyl (C=O) groups excluding carboxylic acids is 2. The maximum Gasteiger partial charge on any atom is 0.254 e. The van der Waals surface area contributed by atoms with Crippen LogP contribution in [0.5, 0.6) is 0 Å². The molecule has 0 saturated heterocycles. The summed E-state index contributed by atoms with van der Waals surface area (Å²) in [5, 5.41) is 9.43. The highest BCUT2D eigenvalue weighted by atomic mass is 16.1. The Bertz CT molecular complexity index is 863. The van der Waals surface area contributed by atoms with Crippen molar-refractivity contribution in [2.75, 3.05) is 16.0 Å². The van der Waals surface area contributed by atoms with Crippen LogP contribution in [0.3, 0.4) is 0 Å². The average molecular weight is 383 g/mol. The number of aromatic nitrogens is 2. The summed E-state index contributed by atoms with van der Waals surface area (Å²) >= 11 is 0. The van der Waals surface area contributed by atoms with Crippen molar-refractivity contribution in [3.63, 3.8) is 0 Å². The monoisotopic (exact) mass is 383 g/mol. The first-order chi connectivity index (χ1) is 13.3. The van der Waals surface area contributed by atoms with Crippen molar-refractivity contribution in [3.8, 4) is 0 Å². The molecule has 1 saturated carbocycles. The number of nitrogens with one attached hydrogen (secondary N) is 3. The maximum absolute atomic E-state index is 11.6. The highest BCUT2D eigenvalue weighted by Gasteiger charge is 2.24. The molecule has 1 aliphatic carbocycles. The molecule has 9 heteroatoms. The minimum absolute atomic E-state index is 0.0739. The van der Waals surface area contributed by atoms with E-state index in [0.29, 0.717) is 17.8 Å². The van der Waals surface area contributed by atoms with E-state index in [1.54, 1.807) is 0 Å². The van der Waals surface area contributed by atoms with Gasteiger partial charge in [0, 0.05) is 23.6 Å². The number of carbonyl (C=O) groups is 2. The molecule has 1 heterocycles. The molecule has 1 aromatic heterocycles. The van der Waals surface area contributed by atoms with Gasteiger partial charge in [0.15, 0.2) is 0 Å². The smallest absolute Gasteiger partial charge is 0.254 e. The Labute approximate surface area is 163 Å². The van der Waals surface area contributed by atoms with Gasteiger partial charge in [-0.15, -0.1) is 0 Å². The zero-order valence-corrected chi connectivity index (χ0v) is 15.9. The standard InChI is InChI=1S/C19H25N7O2/c1-10(2)15(17(21)28)23-11-3-7-13(8-4-11)25-19-22-9-14(16(20)27)18(26-19)24-12-5-6-12/h3-4,7-10,12,15,23H,5-6H2,1-2H3,(H2,20,27)(H2,21,28)(H2,22,24,25,26). The lowest BCUT2D eigenvalue weighted by molar-refractivity contribution is -0.119. The number of nitrogens with zero attached hydrogens (tertiary/aromatic N) is 2. The Morgan fingerprint density at radius 3 is 2.29 bits per heavy atom. The number of anilines is 4. The molecular formula is C19H25N7O2. The van der Waals surface area contributed by atoms with Crippen LogP contribution in [0.25, 0.3) is 0 Å². The molecule has 148 valence electrons. The third kappa shape index (κ3) is 4.87. The van der Waals surface area contributed by atoms with Gasteiger partial charge in [-0.1, -0.05) is 13.8 Å². The number of hydrogen-bond donors (Lipinski definition) is 5. The first-order valence-corrected chi connectivity index (χ1v) is 9.20. The SMILES string of the molecule is CC(C)C(Nc1ccc(Nc2ncc(C(N)=O)c(NC3CC3)n2)cc1)C(N)=O. The predicted molar refractivity (Wildman–Crippen MR) is 108 cm³/mol. The Balaban J connectivity index is 1.71. The molecule has 0 radical (unpaired) electrons. The van der Waals surface area contributed by atoms with Crippen LogP contribution < -0.4 is 27.4 Å². The van der Waals surface area contributed by atoms with Crippen LogP contribution in [-0.4, -0.2) is 33.9 Å². The summed E-state index contributed by atoms with van der Waals surface area (Å²) in [7, 11) is 0. The number of hydrogen-bond acceptors (Lipinski definition) is 7. The minimum Gasteiger partial charge on any atom is -0.373 e. The van der Waals surface area contributed by atoms with E-state index in [1.165, 1.54) is 6.20 Å². The summed E-state index contributed by atoms with van der Waals surface area (Å²) < 4.78 is 0. The average Bonchev–Trinajstić information content (AvgIpc) is 3.44. The molecule has 1 fully saturated rings. The van der Waals surface area contributed by atoms with E-state index >= 15 is 0 Å². The number of amides is 2. The van der Waals surface area contributed by atoms with Gasteiger partial charge < -0.3 is 27.4 Å². The molecule has 1 unspecified atom stereocenters. The van der Waals surface area contributed by atoms with Crippen molar-refractivity contribution < 1.29 is 9.59 Å². The van der Waals surface area contributed by atoms with Crippen LogP contribution in [0.2, 0.25) is 0 Å². The van der Waals surface area contributed by atoms with E-state index in [2.05, 4.69) is 25.9 Å². The van der Waals surface area contributed by atoms with E-state index in [-0.39, 0.29) is 11.5 Å². The summed E-state index contributed by atoms with van der Waals surface area (Å²) in [4.78, 5) is 31.6. The van der Waals surface area contributed by atoms with E-state index in [1.807, 2.05) is 38.1 Å². The molecule has 0 bridgehead atoms. The van der Waals surface area contributed by atoms with Gasteiger partial charge in [-0.25, -0.2) is 4.98 Å². The molecule has 7 N–H and O–H groups in total. The Hall–Kier alpha value is -3.36. The second kappa shape index (κ2) is 8.12. The number of nitrogens with two attached hydrogens (primary N) is 2. The first kappa shape index (κ1) is 19.4. The Morgan fingerprint density at radius 2 is 1.75 bits per heavy atom. The highest BCUT2D eigenvalue weighted by molar-refractivity contribution is 5.97. The number of benzene rings is 1. The minimum atomic E-state index is -0.570. The van der Waals surface area contributed by atoms with Gasteiger partial charge in [0.1, 0.15) is 11.9 Å². The highest BCUT2D eigenvalue weighted by Crippen LogP contribution is 2.26. The van der Waals surface area contributed by atoms with E-state index < -0.39 is 17.9 Å². The topological polar surface area (TPSA) is 148 Å². The van der Waals surface area contributed by atoms with Crippen LogP contribution in [0.4, 0.5) is 23.1 Å². The van der Waals surface area contributed by atoms with Crippen LogP contribution in [0.15, 0.2) is 30.5 Å².